The van der Waals surface area contributed by atoms with E-state index in [1.807, 2.05) is 45.0 Å². The van der Waals surface area contributed by atoms with Crippen LogP contribution < -0.4 is 10.6 Å². The van der Waals surface area contributed by atoms with E-state index in [0.29, 0.717) is 11.5 Å². The summed E-state index contributed by atoms with van der Waals surface area (Å²) >= 11 is 0. The quantitative estimate of drug-likeness (QED) is 0.832. The van der Waals surface area contributed by atoms with Crippen molar-refractivity contribution in [1.82, 2.24) is 4.98 Å². The minimum absolute atomic E-state index is 0.349. The lowest BCUT2D eigenvalue weighted by molar-refractivity contribution is -0.133. The van der Waals surface area contributed by atoms with E-state index >= 15 is 0 Å². The minimum Gasteiger partial charge on any atom is -0.317 e. The first kappa shape index (κ1) is 14.7. The lowest BCUT2D eigenvalue weighted by atomic mass is 10.1. The molecule has 0 aliphatic rings. The SMILES string of the molecule is Cc1ccc(NC(=O)C(=O)Nc2c(C)cccc2C)nc1. The average Bonchev–Trinajstić information content (AvgIpc) is 2.45. The number of benzene rings is 1. The Bertz CT molecular complexity index is 658. The average molecular weight is 283 g/mol. The Kier molecular flexibility index (Phi) is 4.33. The number of aryl methyl sites for hydroxylation is 3. The maximum atomic E-state index is 11.9. The lowest BCUT2D eigenvalue weighted by Gasteiger charge is -2.11. The number of anilines is 2. The molecule has 0 bridgehead atoms. The number of para-hydroxylation sites is 1. The van der Waals surface area contributed by atoms with Gasteiger partial charge in [0, 0.05) is 11.9 Å². The van der Waals surface area contributed by atoms with E-state index in [4.69, 9.17) is 0 Å². The Morgan fingerprint density at radius 1 is 0.905 bits per heavy atom. The van der Waals surface area contributed by atoms with Crippen LogP contribution in [0.4, 0.5) is 11.5 Å². The van der Waals surface area contributed by atoms with Gasteiger partial charge in [0.2, 0.25) is 0 Å². The second-order valence-corrected chi connectivity index (χ2v) is 4.90. The van der Waals surface area contributed by atoms with Crippen molar-refractivity contribution in [3.05, 3.63) is 53.2 Å². The fourth-order valence-corrected chi connectivity index (χ4v) is 1.90. The molecular formula is C16H17N3O2. The van der Waals surface area contributed by atoms with Crippen molar-refractivity contribution < 1.29 is 9.59 Å². The third kappa shape index (κ3) is 3.66. The molecule has 0 aliphatic heterocycles. The monoisotopic (exact) mass is 283 g/mol. The molecule has 0 saturated heterocycles. The number of nitrogens with zero attached hydrogens (tertiary/aromatic N) is 1. The normalized spacial score (nSPS) is 10.0. The number of hydrogen-bond donors (Lipinski definition) is 2. The van der Waals surface area contributed by atoms with Gasteiger partial charge < -0.3 is 10.6 Å². The zero-order valence-electron chi connectivity index (χ0n) is 12.2. The van der Waals surface area contributed by atoms with Gasteiger partial charge in [0.05, 0.1) is 0 Å². The van der Waals surface area contributed by atoms with Crippen LogP contribution in [0, 0.1) is 20.8 Å². The Labute approximate surface area is 123 Å². The lowest BCUT2D eigenvalue weighted by Crippen LogP contribution is -2.30. The molecule has 21 heavy (non-hydrogen) atoms. The summed E-state index contributed by atoms with van der Waals surface area (Å²) < 4.78 is 0. The Balaban J connectivity index is 2.06. The molecule has 2 N–H and O–H groups in total. The predicted octanol–water partition coefficient (Wildman–Crippen LogP) is 2.58. The first-order valence-corrected chi connectivity index (χ1v) is 6.58. The Morgan fingerprint density at radius 2 is 1.52 bits per heavy atom. The molecule has 0 spiro atoms. The minimum atomic E-state index is -0.742. The largest absolute Gasteiger partial charge is 0.317 e. The highest BCUT2D eigenvalue weighted by atomic mass is 16.2. The first-order valence-electron chi connectivity index (χ1n) is 6.58. The number of aromatic nitrogens is 1. The van der Waals surface area contributed by atoms with E-state index in [9.17, 15) is 9.59 Å². The molecule has 5 nitrogen and oxygen atoms in total. The maximum Gasteiger partial charge on any atom is 0.315 e. The van der Waals surface area contributed by atoms with E-state index in [0.717, 1.165) is 16.7 Å². The van der Waals surface area contributed by atoms with Crippen molar-refractivity contribution in [2.45, 2.75) is 20.8 Å². The molecule has 2 aromatic rings. The third-order valence-electron chi connectivity index (χ3n) is 3.08. The number of amides is 2. The molecule has 2 rings (SSSR count). The number of carbonyl (C=O) groups excluding carboxylic acids is 2. The van der Waals surface area contributed by atoms with Crippen molar-refractivity contribution in [2.24, 2.45) is 0 Å². The topological polar surface area (TPSA) is 71.1 Å². The number of pyridine rings is 1. The van der Waals surface area contributed by atoms with E-state index in [1.54, 1.807) is 12.3 Å². The van der Waals surface area contributed by atoms with Gasteiger partial charge >= 0.3 is 11.8 Å². The van der Waals surface area contributed by atoms with Crippen LogP contribution in [0.5, 0.6) is 0 Å². The summed E-state index contributed by atoms with van der Waals surface area (Å²) in [6.45, 7) is 5.65. The Morgan fingerprint density at radius 3 is 2.10 bits per heavy atom. The number of nitrogens with one attached hydrogen (secondary N) is 2. The zero-order valence-corrected chi connectivity index (χ0v) is 12.2. The number of hydrogen-bond acceptors (Lipinski definition) is 3. The van der Waals surface area contributed by atoms with Crippen molar-refractivity contribution in [3.63, 3.8) is 0 Å². The summed E-state index contributed by atoms with van der Waals surface area (Å²) in [5.41, 5.74) is 3.46. The van der Waals surface area contributed by atoms with Gasteiger partial charge in [0.15, 0.2) is 0 Å². The Hall–Kier alpha value is -2.69. The van der Waals surface area contributed by atoms with Crippen LogP contribution >= 0.6 is 0 Å². The van der Waals surface area contributed by atoms with Gasteiger partial charge in [-0.15, -0.1) is 0 Å². The van der Waals surface area contributed by atoms with Crippen molar-refractivity contribution >= 4 is 23.3 Å². The second kappa shape index (κ2) is 6.17. The molecule has 5 heteroatoms. The van der Waals surface area contributed by atoms with Crippen LogP contribution in [0.15, 0.2) is 36.5 Å². The van der Waals surface area contributed by atoms with Crippen molar-refractivity contribution in [1.29, 1.82) is 0 Å². The summed E-state index contributed by atoms with van der Waals surface area (Å²) in [7, 11) is 0. The van der Waals surface area contributed by atoms with Gasteiger partial charge in [0.25, 0.3) is 0 Å². The summed E-state index contributed by atoms with van der Waals surface area (Å²) in [5.74, 6) is -1.11. The summed E-state index contributed by atoms with van der Waals surface area (Å²) in [5, 5.41) is 5.10. The molecule has 1 aromatic heterocycles. The van der Waals surface area contributed by atoms with Crippen LogP contribution in [0.3, 0.4) is 0 Å². The molecule has 0 unspecified atom stereocenters. The highest BCUT2D eigenvalue weighted by Gasteiger charge is 2.16. The zero-order chi connectivity index (χ0) is 15.4. The molecule has 2 amide bonds. The fourth-order valence-electron chi connectivity index (χ4n) is 1.90. The standard InChI is InChI=1S/C16H17N3O2/c1-10-7-8-13(17-9-10)18-15(20)16(21)19-14-11(2)5-4-6-12(14)3/h4-9H,1-3H3,(H,19,21)(H,17,18,20). The molecule has 0 atom stereocenters. The van der Waals surface area contributed by atoms with Crippen LogP contribution in [0.25, 0.3) is 0 Å². The molecule has 1 heterocycles. The van der Waals surface area contributed by atoms with Crippen LogP contribution in [-0.2, 0) is 9.59 Å². The van der Waals surface area contributed by atoms with E-state index in [2.05, 4.69) is 15.6 Å². The third-order valence-corrected chi connectivity index (χ3v) is 3.08. The van der Waals surface area contributed by atoms with E-state index in [-0.39, 0.29) is 0 Å². The summed E-state index contributed by atoms with van der Waals surface area (Å²) in [6.07, 6.45) is 1.62. The number of rotatable bonds is 2. The van der Waals surface area contributed by atoms with Gasteiger partial charge in [0.1, 0.15) is 5.82 Å². The van der Waals surface area contributed by atoms with Crippen LogP contribution in [0.1, 0.15) is 16.7 Å². The van der Waals surface area contributed by atoms with E-state index in [1.165, 1.54) is 0 Å². The van der Waals surface area contributed by atoms with Gasteiger partial charge in [-0.25, -0.2) is 4.98 Å². The smallest absolute Gasteiger partial charge is 0.315 e. The molecule has 0 saturated carbocycles. The maximum absolute atomic E-state index is 11.9. The molecule has 0 radical (unpaired) electrons. The number of carbonyl (C=O) groups is 2. The van der Waals surface area contributed by atoms with Gasteiger partial charge in [-0.2, -0.15) is 0 Å². The van der Waals surface area contributed by atoms with Crippen LogP contribution in [0.2, 0.25) is 0 Å². The van der Waals surface area contributed by atoms with Crippen molar-refractivity contribution in [3.8, 4) is 0 Å². The molecule has 108 valence electrons. The van der Waals surface area contributed by atoms with Gasteiger partial charge in [-0.05, 0) is 43.5 Å². The van der Waals surface area contributed by atoms with Crippen molar-refractivity contribution in [2.75, 3.05) is 10.6 Å². The first-order chi connectivity index (χ1) is 9.97. The van der Waals surface area contributed by atoms with E-state index < -0.39 is 11.8 Å². The van der Waals surface area contributed by atoms with Crippen LogP contribution in [-0.4, -0.2) is 16.8 Å². The second-order valence-electron chi connectivity index (χ2n) is 4.90. The molecule has 1 aromatic carbocycles. The molecule has 0 aliphatic carbocycles. The predicted molar refractivity (Wildman–Crippen MR) is 82.1 cm³/mol. The van der Waals surface area contributed by atoms with Gasteiger partial charge in [-0.3, -0.25) is 9.59 Å². The summed E-state index contributed by atoms with van der Waals surface area (Å²) in [6, 6.07) is 9.12. The fraction of sp³-hybridized carbons (Fsp3) is 0.188. The summed E-state index contributed by atoms with van der Waals surface area (Å²) in [4.78, 5) is 27.8. The van der Waals surface area contributed by atoms with Gasteiger partial charge in [-0.1, -0.05) is 24.3 Å². The molecular weight excluding hydrogens is 266 g/mol. The highest BCUT2D eigenvalue weighted by molar-refractivity contribution is 6.43. The molecule has 0 fully saturated rings. The highest BCUT2D eigenvalue weighted by Crippen LogP contribution is 2.19.